The Morgan fingerprint density at radius 1 is 1.33 bits per heavy atom. The van der Waals surface area contributed by atoms with Gasteiger partial charge >= 0.3 is 5.97 Å². The van der Waals surface area contributed by atoms with Crippen LogP contribution in [-0.2, 0) is 14.6 Å². The zero-order valence-electron chi connectivity index (χ0n) is 8.22. The molecule has 1 aliphatic heterocycles. The molecule has 1 saturated heterocycles. The molecule has 15 heavy (non-hydrogen) atoms. The minimum absolute atomic E-state index is 0.0357. The van der Waals surface area contributed by atoms with Gasteiger partial charge in [0.05, 0.1) is 23.0 Å². The van der Waals surface area contributed by atoms with Gasteiger partial charge in [-0.25, -0.2) is 8.42 Å². The fourth-order valence-electron chi connectivity index (χ4n) is 2.69. The third-order valence-electron chi connectivity index (χ3n) is 3.64. The van der Waals surface area contributed by atoms with Gasteiger partial charge in [-0.3, -0.25) is 4.79 Å². The summed E-state index contributed by atoms with van der Waals surface area (Å²) in [6, 6.07) is 0. The van der Waals surface area contributed by atoms with E-state index in [-0.39, 0.29) is 30.3 Å². The number of carbonyl (C=O) groups is 1. The molecule has 1 saturated carbocycles. The van der Waals surface area contributed by atoms with Crippen molar-refractivity contribution >= 4 is 15.8 Å². The summed E-state index contributed by atoms with van der Waals surface area (Å²) >= 11 is 0. The maximum atomic E-state index is 11.3. The van der Waals surface area contributed by atoms with E-state index >= 15 is 0 Å². The standard InChI is InChI=1S/C9H14O5S/c10-7-3-9(4-7,8(11)12)6-1-2-15(13,14)5-6/h6-7,10H,1-5H2,(H,11,12). The lowest BCUT2D eigenvalue weighted by Gasteiger charge is -2.45. The van der Waals surface area contributed by atoms with E-state index in [0.29, 0.717) is 6.42 Å². The van der Waals surface area contributed by atoms with E-state index in [4.69, 9.17) is 5.11 Å². The molecule has 2 rings (SSSR count). The Kier molecular flexibility index (Phi) is 2.31. The number of aliphatic carboxylic acids is 1. The second kappa shape index (κ2) is 3.18. The lowest BCUT2D eigenvalue weighted by molar-refractivity contribution is -0.169. The summed E-state index contributed by atoms with van der Waals surface area (Å²) in [5.41, 5.74) is -0.983. The monoisotopic (exact) mass is 234 g/mol. The molecular formula is C9H14O5S. The molecular weight excluding hydrogens is 220 g/mol. The Balaban J connectivity index is 2.19. The topological polar surface area (TPSA) is 91.7 Å². The average Bonchev–Trinajstić information content (AvgIpc) is 2.39. The van der Waals surface area contributed by atoms with Crippen molar-refractivity contribution in [3.8, 4) is 0 Å². The summed E-state index contributed by atoms with van der Waals surface area (Å²) in [5, 5.41) is 18.3. The lowest BCUT2D eigenvalue weighted by Crippen LogP contribution is -2.52. The van der Waals surface area contributed by atoms with E-state index in [2.05, 4.69) is 0 Å². The SMILES string of the molecule is O=C(O)C1(C2CCS(=O)(=O)C2)CC(O)C1. The highest BCUT2D eigenvalue weighted by atomic mass is 32.2. The molecule has 2 aliphatic rings. The summed E-state index contributed by atoms with van der Waals surface area (Å²) in [7, 11) is -3.05. The number of carboxylic acid groups (broad SMARTS) is 1. The highest BCUT2D eigenvalue weighted by Gasteiger charge is 2.57. The van der Waals surface area contributed by atoms with Gasteiger partial charge in [-0.15, -0.1) is 0 Å². The molecule has 0 amide bonds. The second-order valence-corrected chi connectivity index (χ2v) is 6.85. The van der Waals surface area contributed by atoms with Crippen LogP contribution in [0.2, 0.25) is 0 Å². The first-order valence-electron chi connectivity index (χ1n) is 4.98. The summed E-state index contributed by atoms with van der Waals surface area (Å²) in [4.78, 5) is 11.1. The number of carboxylic acids is 1. The third kappa shape index (κ3) is 1.65. The molecule has 2 N–H and O–H groups in total. The van der Waals surface area contributed by atoms with Crippen molar-refractivity contribution in [2.75, 3.05) is 11.5 Å². The Morgan fingerprint density at radius 3 is 2.27 bits per heavy atom. The van der Waals surface area contributed by atoms with Gasteiger partial charge < -0.3 is 10.2 Å². The quantitative estimate of drug-likeness (QED) is 0.681. The third-order valence-corrected chi connectivity index (χ3v) is 5.41. The molecule has 5 nitrogen and oxygen atoms in total. The molecule has 0 radical (unpaired) electrons. The van der Waals surface area contributed by atoms with Crippen LogP contribution >= 0.6 is 0 Å². The molecule has 0 spiro atoms. The number of sulfone groups is 1. The molecule has 1 heterocycles. The largest absolute Gasteiger partial charge is 0.481 e. The predicted octanol–water partition coefficient (Wildman–Crippen LogP) is -0.353. The predicted molar refractivity (Wildman–Crippen MR) is 52.1 cm³/mol. The van der Waals surface area contributed by atoms with Crippen molar-refractivity contribution in [1.29, 1.82) is 0 Å². The molecule has 1 atom stereocenters. The number of hydrogen-bond acceptors (Lipinski definition) is 4. The van der Waals surface area contributed by atoms with Gasteiger partial charge in [0.2, 0.25) is 0 Å². The van der Waals surface area contributed by atoms with Crippen LogP contribution in [0.25, 0.3) is 0 Å². The van der Waals surface area contributed by atoms with Gasteiger partial charge in [-0.1, -0.05) is 0 Å². The van der Waals surface area contributed by atoms with Gasteiger partial charge in [0.1, 0.15) is 0 Å². The summed E-state index contributed by atoms with van der Waals surface area (Å²) < 4.78 is 22.6. The van der Waals surface area contributed by atoms with Crippen LogP contribution in [-0.4, -0.2) is 42.2 Å². The minimum Gasteiger partial charge on any atom is -0.481 e. The number of aliphatic hydroxyl groups is 1. The fourth-order valence-corrected chi connectivity index (χ4v) is 4.60. The lowest BCUT2D eigenvalue weighted by atomic mass is 9.59. The van der Waals surface area contributed by atoms with Gasteiger partial charge in [0.25, 0.3) is 0 Å². The van der Waals surface area contributed by atoms with E-state index in [0.717, 1.165) is 0 Å². The molecule has 6 heteroatoms. The Hall–Kier alpha value is -0.620. The van der Waals surface area contributed by atoms with E-state index in [1.165, 1.54) is 0 Å². The molecule has 1 aliphatic carbocycles. The van der Waals surface area contributed by atoms with Gasteiger partial charge in [-0.2, -0.15) is 0 Å². The number of hydrogen-bond donors (Lipinski definition) is 2. The molecule has 0 aromatic heterocycles. The average molecular weight is 234 g/mol. The van der Waals surface area contributed by atoms with Gasteiger partial charge in [-0.05, 0) is 25.2 Å². The van der Waals surface area contributed by atoms with Crippen LogP contribution in [0.5, 0.6) is 0 Å². The first-order valence-corrected chi connectivity index (χ1v) is 6.80. The fraction of sp³-hybridized carbons (Fsp3) is 0.889. The van der Waals surface area contributed by atoms with Crippen molar-refractivity contribution < 1.29 is 23.4 Å². The van der Waals surface area contributed by atoms with Crippen molar-refractivity contribution in [2.45, 2.75) is 25.4 Å². The van der Waals surface area contributed by atoms with Crippen LogP contribution in [0.15, 0.2) is 0 Å². The molecule has 0 aromatic carbocycles. The Bertz CT molecular complexity index is 379. The first kappa shape index (κ1) is 10.9. The van der Waals surface area contributed by atoms with Crippen LogP contribution in [0.1, 0.15) is 19.3 Å². The first-order chi connectivity index (χ1) is 6.86. The Labute approximate surface area is 88.0 Å². The van der Waals surface area contributed by atoms with Crippen LogP contribution < -0.4 is 0 Å². The van der Waals surface area contributed by atoms with Gasteiger partial charge in [0.15, 0.2) is 9.84 Å². The summed E-state index contributed by atoms with van der Waals surface area (Å²) in [5.74, 6) is -1.23. The van der Waals surface area contributed by atoms with Crippen LogP contribution in [0.4, 0.5) is 0 Å². The van der Waals surface area contributed by atoms with Crippen molar-refractivity contribution in [2.24, 2.45) is 11.3 Å². The zero-order chi connectivity index (χ0) is 11.3. The molecule has 0 bridgehead atoms. The van der Waals surface area contributed by atoms with Crippen molar-refractivity contribution in [3.05, 3.63) is 0 Å². The van der Waals surface area contributed by atoms with Crippen LogP contribution in [0, 0.1) is 11.3 Å². The van der Waals surface area contributed by atoms with Crippen molar-refractivity contribution in [3.63, 3.8) is 0 Å². The number of rotatable bonds is 2. The molecule has 86 valence electrons. The van der Waals surface area contributed by atoms with Gasteiger partial charge in [0, 0.05) is 0 Å². The minimum atomic E-state index is -3.05. The highest BCUT2D eigenvalue weighted by molar-refractivity contribution is 7.91. The maximum Gasteiger partial charge on any atom is 0.310 e. The van der Waals surface area contributed by atoms with Crippen LogP contribution in [0.3, 0.4) is 0 Å². The Morgan fingerprint density at radius 2 is 1.93 bits per heavy atom. The smallest absolute Gasteiger partial charge is 0.310 e. The second-order valence-electron chi connectivity index (χ2n) is 4.62. The number of aliphatic hydroxyl groups excluding tert-OH is 1. The summed E-state index contributed by atoms with van der Waals surface area (Å²) in [6.07, 6.45) is 0.233. The van der Waals surface area contributed by atoms with E-state index in [1.807, 2.05) is 0 Å². The zero-order valence-corrected chi connectivity index (χ0v) is 9.03. The normalized spacial score (nSPS) is 43.5. The van der Waals surface area contributed by atoms with Crippen molar-refractivity contribution in [1.82, 2.24) is 0 Å². The molecule has 0 aromatic rings. The molecule has 1 unspecified atom stereocenters. The van der Waals surface area contributed by atoms with E-state index in [1.54, 1.807) is 0 Å². The van der Waals surface area contributed by atoms with E-state index in [9.17, 15) is 18.3 Å². The molecule has 2 fully saturated rings. The van der Waals surface area contributed by atoms with E-state index < -0.39 is 27.3 Å². The highest BCUT2D eigenvalue weighted by Crippen LogP contribution is 2.51. The maximum absolute atomic E-state index is 11.3. The summed E-state index contributed by atoms with van der Waals surface area (Å²) in [6.45, 7) is 0.